The molecular formula is C18H24N2O3S. The van der Waals surface area contributed by atoms with Crippen molar-refractivity contribution in [3.8, 4) is 0 Å². The lowest BCUT2D eigenvalue weighted by molar-refractivity contribution is -0.0994. The number of fused-ring (bicyclic) bond motifs is 4. The van der Waals surface area contributed by atoms with E-state index in [0.717, 1.165) is 39.0 Å². The molecule has 130 valence electrons. The molecule has 1 spiro atoms. The fourth-order valence-electron chi connectivity index (χ4n) is 4.10. The Kier molecular flexibility index (Phi) is 3.94. The Morgan fingerprint density at radius 3 is 2.75 bits per heavy atom. The van der Waals surface area contributed by atoms with Gasteiger partial charge in [0.2, 0.25) is 0 Å². The normalized spacial score (nSPS) is 21.2. The standard InChI is InChI=1S/C18H24N2O3S/c1-24(21,22)13-11-20-9-7-18(8-10-20)17-15(6-12-23-18)14-4-2-3-5-16(14)19-17/h2-5,19H,6-13H2,1H3. The molecule has 5 nitrogen and oxygen atoms in total. The predicted molar refractivity (Wildman–Crippen MR) is 95.0 cm³/mol. The molecule has 1 aromatic heterocycles. The lowest BCUT2D eigenvalue weighted by Gasteiger charge is -2.43. The minimum absolute atomic E-state index is 0.228. The Bertz CT molecular complexity index is 848. The Morgan fingerprint density at radius 1 is 1.25 bits per heavy atom. The summed E-state index contributed by atoms with van der Waals surface area (Å²) in [4.78, 5) is 5.85. The molecule has 1 fully saturated rings. The van der Waals surface area contributed by atoms with Gasteiger partial charge >= 0.3 is 0 Å². The lowest BCUT2D eigenvalue weighted by Crippen LogP contribution is -2.47. The number of H-pyrrole nitrogens is 1. The first kappa shape index (κ1) is 16.1. The zero-order valence-electron chi connectivity index (χ0n) is 14.0. The number of aromatic amines is 1. The maximum absolute atomic E-state index is 11.4. The number of hydrogen-bond donors (Lipinski definition) is 1. The van der Waals surface area contributed by atoms with Crippen LogP contribution in [0, 0.1) is 0 Å². The third-order valence-corrected chi connectivity index (χ3v) is 6.37. The number of benzene rings is 1. The number of nitrogens with zero attached hydrogens (tertiary/aromatic N) is 1. The van der Waals surface area contributed by atoms with Crippen LogP contribution in [0.4, 0.5) is 0 Å². The smallest absolute Gasteiger partial charge is 0.148 e. The molecule has 2 aromatic rings. The SMILES string of the molecule is CS(=O)(=O)CCN1CCC2(CC1)OCCc1c2[nH]c2ccccc12. The van der Waals surface area contributed by atoms with E-state index < -0.39 is 9.84 Å². The molecule has 0 unspecified atom stereocenters. The van der Waals surface area contributed by atoms with Crippen molar-refractivity contribution in [1.29, 1.82) is 0 Å². The van der Waals surface area contributed by atoms with Crippen LogP contribution in [0.1, 0.15) is 24.1 Å². The highest BCUT2D eigenvalue weighted by Crippen LogP contribution is 2.43. The second-order valence-electron chi connectivity index (χ2n) is 7.09. The van der Waals surface area contributed by atoms with E-state index in [1.165, 1.54) is 28.4 Å². The van der Waals surface area contributed by atoms with Crippen molar-refractivity contribution in [3.05, 3.63) is 35.5 Å². The summed E-state index contributed by atoms with van der Waals surface area (Å²) in [6.45, 7) is 3.14. The van der Waals surface area contributed by atoms with Crippen molar-refractivity contribution < 1.29 is 13.2 Å². The molecule has 2 aliphatic rings. The topological polar surface area (TPSA) is 62.4 Å². The first-order valence-electron chi connectivity index (χ1n) is 8.61. The van der Waals surface area contributed by atoms with Gasteiger partial charge in [-0.15, -0.1) is 0 Å². The van der Waals surface area contributed by atoms with Gasteiger partial charge in [0.25, 0.3) is 0 Å². The molecular weight excluding hydrogens is 324 g/mol. The van der Waals surface area contributed by atoms with Crippen LogP contribution in [0.2, 0.25) is 0 Å². The monoisotopic (exact) mass is 348 g/mol. The quantitative estimate of drug-likeness (QED) is 0.922. The molecule has 3 heterocycles. The van der Waals surface area contributed by atoms with Gasteiger partial charge in [0.05, 0.1) is 18.1 Å². The third-order valence-electron chi connectivity index (χ3n) is 5.44. The summed E-state index contributed by atoms with van der Waals surface area (Å²) in [5.41, 5.74) is 3.61. The summed E-state index contributed by atoms with van der Waals surface area (Å²) >= 11 is 0. The Balaban J connectivity index is 1.56. The number of piperidine rings is 1. The van der Waals surface area contributed by atoms with E-state index in [2.05, 4.69) is 34.1 Å². The van der Waals surface area contributed by atoms with E-state index >= 15 is 0 Å². The fraction of sp³-hybridized carbons (Fsp3) is 0.556. The lowest BCUT2D eigenvalue weighted by atomic mass is 9.83. The number of aromatic nitrogens is 1. The summed E-state index contributed by atoms with van der Waals surface area (Å²) in [6.07, 6.45) is 4.09. The number of nitrogens with one attached hydrogen (secondary N) is 1. The second kappa shape index (κ2) is 5.86. The summed E-state index contributed by atoms with van der Waals surface area (Å²) in [7, 11) is -2.90. The minimum Gasteiger partial charge on any atom is -0.368 e. The number of para-hydroxylation sites is 1. The number of sulfone groups is 1. The van der Waals surface area contributed by atoms with Gasteiger partial charge < -0.3 is 14.6 Å². The van der Waals surface area contributed by atoms with Crippen molar-refractivity contribution in [2.24, 2.45) is 0 Å². The molecule has 0 amide bonds. The zero-order valence-corrected chi connectivity index (χ0v) is 14.9. The predicted octanol–water partition coefficient (Wildman–Crippen LogP) is 2.08. The van der Waals surface area contributed by atoms with Crippen LogP contribution in [-0.4, -0.2) is 56.6 Å². The number of ether oxygens (including phenoxy) is 1. The minimum atomic E-state index is -2.90. The van der Waals surface area contributed by atoms with Crippen LogP contribution < -0.4 is 0 Å². The number of rotatable bonds is 3. The first-order valence-corrected chi connectivity index (χ1v) is 10.7. The van der Waals surface area contributed by atoms with Crippen LogP contribution in [0.5, 0.6) is 0 Å². The molecule has 0 bridgehead atoms. The molecule has 2 aliphatic heterocycles. The molecule has 1 N–H and O–H groups in total. The number of hydrogen-bond acceptors (Lipinski definition) is 4. The molecule has 1 saturated heterocycles. The second-order valence-corrected chi connectivity index (χ2v) is 9.35. The molecule has 1 aromatic carbocycles. The highest BCUT2D eigenvalue weighted by Gasteiger charge is 2.42. The summed E-state index contributed by atoms with van der Waals surface area (Å²) in [5.74, 6) is 0.235. The van der Waals surface area contributed by atoms with E-state index in [0.29, 0.717) is 6.54 Å². The van der Waals surface area contributed by atoms with Crippen molar-refractivity contribution in [3.63, 3.8) is 0 Å². The van der Waals surface area contributed by atoms with Crippen LogP contribution in [0.3, 0.4) is 0 Å². The van der Waals surface area contributed by atoms with Crippen LogP contribution >= 0.6 is 0 Å². The van der Waals surface area contributed by atoms with E-state index in [9.17, 15) is 8.42 Å². The number of likely N-dealkylation sites (tertiary alicyclic amines) is 1. The van der Waals surface area contributed by atoms with E-state index in [1.54, 1.807) is 0 Å². The van der Waals surface area contributed by atoms with Crippen molar-refractivity contribution in [1.82, 2.24) is 9.88 Å². The van der Waals surface area contributed by atoms with E-state index in [-0.39, 0.29) is 11.4 Å². The maximum atomic E-state index is 11.4. The van der Waals surface area contributed by atoms with Gasteiger partial charge in [-0.3, -0.25) is 0 Å². The molecule has 24 heavy (non-hydrogen) atoms. The summed E-state index contributed by atoms with van der Waals surface area (Å²) in [5, 5.41) is 1.31. The summed E-state index contributed by atoms with van der Waals surface area (Å²) in [6, 6.07) is 8.46. The van der Waals surface area contributed by atoms with Crippen LogP contribution in [0.25, 0.3) is 10.9 Å². The molecule has 0 aliphatic carbocycles. The molecule has 0 saturated carbocycles. The van der Waals surface area contributed by atoms with Gasteiger partial charge in [-0.1, -0.05) is 18.2 Å². The van der Waals surface area contributed by atoms with Gasteiger partial charge in [-0.05, 0) is 30.9 Å². The van der Waals surface area contributed by atoms with E-state index in [1.807, 2.05) is 0 Å². The Hall–Kier alpha value is -1.37. The van der Waals surface area contributed by atoms with Gasteiger partial charge in [0.1, 0.15) is 15.4 Å². The van der Waals surface area contributed by atoms with Gasteiger partial charge in [-0.2, -0.15) is 0 Å². The maximum Gasteiger partial charge on any atom is 0.148 e. The highest BCUT2D eigenvalue weighted by molar-refractivity contribution is 7.90. The van der Waals surface area contributed by atoms with Gasteiger partial charge in [0, 0.05) is 36.8 Å². The van der Waals surface area contributed by atoms with Gasteiger partial charge in [-0.25, -0.2) is 8.42 Å². The average molecular weight is 348 g/mol. The molecule has 0 radical (unpaired) electrons. The third kappa shape index (κ3) is 2.87. The van der Waals surface area contributed by atoms with Crippen molar-refractivity contribution in [2.75, 3.05) is 38.2 Å². The average Bonchev–Trinajstić information content (AvgIpc) is 2.94. The van der Waals surface area contributed by atoms with Crippen LogP contribution in [-0.2, 0) is 26.6 Å². The first-order chi connectivity index (χ1) is 11.5. The highest BCUT2D eigenvalue weighted by atomic mass is 32.2. The molecule has 4 rings (SSSR count). The Labute approximate surface area is 142 Å². The largest absolute Gasteiger partial charge is 0.368 e. The zero-order chi connectivity index (χ0) is 16.8. The van der Waals surface area contributed by atoms with Crippen molar-refractivity contribution >= 4 is 20.7 Å². The van der Waals surface area contributed by atoms with Gasteiger partial charge in [0.15, 0.2) is 0 Å². The van der Waals surface area contributed by atoms with Crippen LogP contribution in [0.15, 0.2) is 24.3 Å². The van der Waals surface area contributed by atoms with E-state index in [4.69, 9.17) is 4.74 Å². The summed E-state index contributed by atoms with van der Waals surface area (Å²) < 4.78 is 29.0. The van der Waals surface area contributed by atoms with Crippen molar-refractivity contribution in [2.45, 2.75) is 24.9 Å². The fourth-order valence-corrected chi connectivity index (χ4v) is 4.69. The molecule has 6 heteroatoms. The molecule has 0 atom stereocenters. The Morgan fingerprint density at radius 2 is 2.00 bits per heavy atom.